The van der Waals surface area contributed by atoms with Gasteiger partial charge in [-0.1, -0.05) is 0 Å². The Morgan fingerprint density at radius 1 is 1.38 bits per heavy atom. The van der Waals surface area contributed by atoms with E-state index in [0.717, 1.165) is 0 Å². The summed E-state index contributed by atoms with van der Waals surface area (Å²) in [7, 11) is 0. The fraction of sp³-hybridized carbons (Fsp3) is 0.833. The van der Waals surface area contributed by atoms with Crippen LogP contribution in [-0.2, 0) is 14.0 Å². The van der Waals surface area contributed by atoms with Gasteiger partial charge < -0.3 is 15.3 Å². The summed E-state index contributed by atoms with van der Waals surface area (Å²) in [6, 6.07) is 0. The predicted octanol–water partition coefficient (Wildman–Crippen LogP) is -0.634. The molecular weight excluding hydrogens is 200 g/mol. The molecule has 0 aliphatic rings. The zero-order valence-electron chi connectivity index (χ0n) is 6.79. The lowest BCUT2D eigenvalue weighted by Crippen LogP contribution is -2.23. The highest BCUT2D eigenvalue weighted by atomic mass is 32.1. The van der Waals surface area contributed by atoms with Gasteiger partial charge in [-0.3, -0.25) is 4.79 Å². The lowest BCUT2D eigenvalue weighted by molar-refractivity contribution is -0.209. The maximum Gasteiger partial charge on any atom is 0.305 e. The number of hydrogen-bond acceptors (Lipinski definition) is 6. The summed E-state index contributed by atoms with van der Waals surface area (Å²) in [5, 5.41) is 26.4. The van der Waals surface area contributed by atoms with Crippen LogP contribution in [0.3, 0.4) is 0 Å². The van der Waals surface area contributed by atoms with Gasteiger partial charge in [-0.25, -0.2) is 4.89 Å². The Morgan fingerprint density at radius 2 is 2.00 bits per heavy atom. The number of aliphatic hydroxyl groups excluding tert-OH is 2. The molecule has 2 unspecified atom stereocenters. The summed E-state index contributed by atoms with van der Waals surface area (Å²) in [4.78, 5) is 14.4. The van der Waals surface area contributed by atoms with E-state index in [1.54, 1.807) is 0 Å². The van der Waals surface area contributed by atoms with Crippen molar-refractivity contribution in [1.29, 1.82) is 0 Å². The first-order valence-electron chi connectivity index (χ1n) is 3.57. The SMILES string of the molecule is O=C(O)CC(O)CC(O)COOS. The number of rotatable bonds is 7. The third-order valence-corrected chi connectivity index (χ3v) is 1.37. The predicted molar refractivity (Wildman–Crippen MR) is 44.9 cm³/mol. The van der Waals surface area contributed by atoms with Gasteiger partial charge in [0.1, 0.15) is 6.61 Å². The molecule has 0 spiro atoms. The quantitative estimate of drug-likeness (QED) is 0.194. The van der Waals surface area contributed by atoms with Crippen molar-refractivity contribution in [3.8, 4) is 0 Å². The Labute approximate surface area is 80.6 Å². The molecule has 0 aromatic heterocycles. The molecule has 0 aromatic carbocycles. The smallest absolute Gasteiger partial charge is 0.305 e. The second-order valence-corrected chi connectivity index (χ2v) is 2.65. The fourth-order valence-corrected chi connectivity index (χ4v) is 0.837. The summed E-state index contributed by atoms with van der Waals surface area (Å²) in [6.45, 7) is -0.166. The molecule has 0 aliphatic heterocycles. The number of hydrogen-bond donors (Lipinski definition) is 4. The number of carboxylic acid groups (broad SMARTS) is 1. The highest BCUT2D eigenvalue weighted by molar-refractivity contribution is 7.74. The molecule has 0 aromatic rings. The third kappa shape index (κ3) is 8.00. The third-order valence-electron chi connectivity index (χ3n) is 1.27. The van der Waals surface area contributed by atoms with Crippen LogP contribution >= 0.6 is 12.9 Å². The average Bonchev–Trinajstić information content (AvgIpc) is 1.98. The van der Waals surface area contributed by atoms with E-state index in [4.69, 9.17) is 15.3 Å². The molecule has 0 bridgehead atoms. The van der Waals surface area contributed by atoms with Crippen molar-refractivity contribution >= 4 is 18.9 Å². The summed E-state index contributed by atoms with van der Waals surface area (Å²) in [5.41, 5.74) is 0. The van der Waals surface area contributed by atoms with Crippen LogP contribution in [0.25, 0.3) is 0 Å². The van der Waals surface area contributed by atoms with Gasteiger partial charge in [-0.2, -0.15) is 4.33 Å². The lowest BCUT2D eigenvalue weighted by atomic mass is 10.1. The normalized spacial score (nSPS) is 15.3. The molecule has 2 atom stereocenters. The molecule has 0 amide bonds. The van der Waals surface area contributed by atoms with Crippen molar-refractivity contribution in [2.45, 2.75) is 25.0 Å². The molecule has 13 heavy (non-hydrogen) atoms. The number of aliphatic carboxylic acids is 1. The molecule has 0 aliphatic carbocycles. The Morgan fingerprint density at radius 3 is 2.46 bits per heavy atom. The van der Waals surface area contributed by atoms with E-state index in [1.807, 2.05) is 0 Å². The number of carbonyl (C=O) groups is 1. The average molecular weight is 212 g/mol. The van der Waals surface area contributed by atoms with Gasteiger partial charge in [0.15, 0.2) is 0 Å². The monoisotopic (exact) mass is 212 g/mol. The molecule has 0 radical (unpaired) electrons. The van der Waals surface area contributed by atoms with Crippen LogP contribution in [-0.4, -0.2) is 40.1 Å². The minimum absolute atomic E-state index is 0.0799. The molecular formula is C6H12O6S. The minimum Gasteiger partial charge on any atom is -0.481 e. The van der Waals surface area contributed by atoms with Gasteiger partial charge in [0.25, 0.3) is 0 Å². The largest absolute Gasteiger partial charge is 0.481 e. The zero-order chi connectivity index (χ0) is 10.3. The minimum atomic E-state index is -1.12. The molecule has 0 fully saturated rings. The Balaban J connectivity index is 3.52. The van der Waals surface area contributed by atoms with E-state index in [0.29, 0.717) is 0 Å². The Bertz CT molecular complexity index is 152. The van der Waals surface area contributed by atoms with Crippen LogP contribution in [0.2, 0.25) is 0 Å². The molecule has 0 heterocycles. The Kier molecular flexibility index (Phi) is 6.92. The molecule has 0 saturated heterocycles. The second kappa shape index (κ2) is 7.10. The van der Waals surface area contributed by atoms with Crippen LogP contribution in [0, 0.1) is 0 Å². The molecule has 7 heteroatoms. The second-order valence-electron chi connectivity index (χ2n) is 2.50. The van der Waals surface area contributed by atoms with Crippen molar-refractivity contribution < 1.29 is 29.3 Å². The van der Waals surface area contributed by atoms with E-state index in [-0.39, 0.29) is 13.0 Å². The first-order valence-corrected chi connectivity index (χ1v) is 3.93. The standard InChI is InChI=1S/C6H12O6S/c7-4(2-6(9)10)1-5(8)3-11-12-13/h4-5,7-8,13H,1-3H2,(H,9,10). The molecule has 0 rings (SSSR count). The van der Waals surface area contributed by atoms with E-state index >= 15 is 0 Å². The fourth-order valence-electron chi connectivity index (χ4n) is 0.776. The lowest BCUT2D eigenvalue weighted by Gasteiger charge is -2.12. The van der Waals surface area contributed by atoms with Crippen LogP contribution in [0.15, 0.2) is 0 Å². The number of carboxylic acids is 1. The van der Waals surface area contributed by atoms with Crippen LogP contribution in [0.5, 0.6) is 0 Å². The van der Waals surface area contributed by atoms with Gasteiger partial charge in [0.2, 0.25) is 0 Å². The molecule has 78 valence electrons. The van der Waals surface area contributed by atoms with Crippen LogP contribution in [0.1, 0.15) is 12.8 Å². The van der Waals surface area contributed by atoms with E-state index in [9.17, 15) is 4.79 Å². The van der Waals surface area contributed by atoms with E-state index < -0.39 is 24.6 Å². The van der Waals surface area contributed by atoms with Crippen LogP contribution < -0.4 is 0 Å². The van der Waals surface area contributed by atoms with E-state index in [1.165, 1.54) is 0 Å². The molecule has 3 N–H and O–H groups in total. The summed E-state index contributed by atoms with van der Waals surface area (Å²) in [5.74, 6) is -1.12. The topological polar surface area (TPSA) is 96.2 Å². The highest BCUT2D eigenvalue weighted by Gasteiger charge is 2.15. The highest BCUT2D eigenvalue weighted by Crippen LogP contribution is 2.03. The summed E-state index contributed by atoms with van der Waals surface area (Å²) >= 11 is 3.25. The number of thiol groups is 1. The van der Waals surface area contributed by atoms with Gasteiger partial charge >= 0.3 is 5.97 Å². The van der Waals surface area contributed by atoms with Gasteiger partial charge in [0, 0.05) is 19.3 Å². The van der Waals surface area contributed by atoms with Gasteiger partial charge in [-0.05, 0) is 0 Å². The van der Waals surface area contributed by atoms with Gasteiger partial charge in [0.05, 0.1) is 18.6 Å². The van der Waals surface area contributed by atoms with Crippen molar-refractivity contribution in [1.82, 2.24) is 0 Å². The van der Waals surface area contributed by atoms with Crippen molar-refractivity contribution in [2.75, 3.05) is 6.61 Å². The first-order chi connectivity index (χ1) is 6.06. The maximum absolute atomic E-state index is 10.1. The molecule has 6 nitrogen and oxygen atoms in total. The Hall–Kier alpha value is -0.340. The summed E-state index contributed by atoms with van der Waals surface area (Å²) in [6.07, 6.45) is -2.54. The maximum atomic E-state index is 10.1. The first kappa shape index (κ1) is 12.7. The zero-order valence-corrected chi connectivity index (χ0v) is 7.68. The molecule has 0 saturated carbocycles. The van der Waals surface area contributed by atoms with E-state index in [2.05, 4.69) is 22.1 Å². The number of aliphatic hydroxyl groups is 2. The van der Waals surface area contributed by atoms with Crippen molar-refractivity contribution in [3.63, 3.8) is 0 Å². The van der Waals surface area contributed by atoms with Crippen molar-refractivity contribution in [2.24, 2.45) is 0 Å². The van der Waals surface area contributed by atoms with Crippen LogP contribution in [0.4, 0.5) is 0 Å². The van der Waals surface area contributed by atoms with Gasteiger partial charge in [-0.15, -0.1) is 0 Å². The summed E-state index contributed by atoms with van der Waals surface area (Å²) < 4.78 is 3.91. The van der Waals surface area contributed by atoms with Crippen molar-refractivity contribution in [3.05, 3.63) is 0 Å².